The number of nitrogens with zero attached hydrogens (tertiary/aromatic N) is 2. The van der Waals surface area contributed by atoms with E-state index in [1.807, 2.05) is 18.2 Å². The maximum Gasteiger partial charge on any atom is 0.346 e. The minimum atomic E-state index is -0.584. The fraction of sp³-hybridized carbons (Fsp3) is 0.375. The number of hydrogen-bond donors (Lipinski definition) is 0. The van der Waals surface area contributed by atoms with Gasteiger partial charge in [0.2, 0.25) is 0 Å². The molecule has 69 heavy (non-hydrogen) atoms. The van der Waals surface area contributed by atoms with Gasteiger partial charge in [0, 0.05) is 39.8 Å². The van der Waals surface area contributed by atoms with E-state index in [0.29, 0.717) is 22.4 Å². The van der Waals surface area contributed by atoms with Crippen LogP contribution in [0.2, 0.25) is 0 Å². The van der Waals surface area contributed by atoms with Gasteiger partial charge in [0.05, 0.1) is 22.2 Å². The van der Waals surface area contributed by atoms with Crippen LogP contribution in [0, 0.1) is 16.7 Å². The normalized spacial score (nSPS) is 14.3. The van der Waals surface area contributed by atoms with Gasteiger partial charge in [-0.25, -0.2) is 9.59 Å². The number of ether oxygens (including phenoxy) is 1. The third kappa shape index (κ3) is 8.14. The summed E-state index contributed by atoms with van der Waals surface area (Å²) in [4.78, 5) is 28.8. The average Bonchev–Trinajstić information content (AvgIpc) is 3.59. The Balaban J connectivity index is 1.23. The molecule has 0 amide bonds. The molecule has 1 unspecified atom stereocenters. The lowest BCUT2D eigenvalue weighted by atomic mass is 9.72. The maximum atomic E-state index is 13.2. The monoisotopic (exact) mass is 915 g/mol. The van der Waals surface area contributed by atoms with Crippen LogP contribution in [-0.2, 0) is 22.1 Å². The highest BCUT2D eigenvalue weighted by atomic mass is 16.6. The number of aromatic nitrogens is 1. The molecule has 2 heterocycles. The second-order valence-electron chi connectivity index (χ2n) is 24.2. The van der Waals surface area contributed by atoms with Gasteiger partial charge < -0.3 is 14.2 Å². The van der Waals surface area contributed by atoms with E-state index in [0.717, 1.165) is 69.8 Å². The van der Waals surface area contributed by atoms with Gasteiger partial charge in [0.25, 0.3) is 0 Å². The summed E-state index contributed by atoms with van der Waals surface area (Å²) in [5.41, 5.74) is 9.86. The van der Waals surface area contributed by atoms with Crippen molar-refractivity contribution in [1.82, 2.24) is 4.57 Å². The van der Waals surface area contributed by atoms with E-state index >= 15 is 0 Å². The van der Waals surface area contributed by atoms with E-state index in [1.165, 1.54) is 63.0 Å². The SMILES string of the molecule is CCCCC(CC)Cn1c2cc(N(c3ccc(C(C)(C)CC(C)(C)C)cc3)c3ccc(C(C)(C)CC(C)(C)C)cc3)ccc2c2c3cccc4c5ccc6c7c(ccc(c(cc21)c43)c75)C(=O)OC6=O. The summed E-state index contributed by atoms with van der Waals surface area (Å²) in [7, 11) is 0. The highest BCUT2D eigenvalue weighted by molar-refractivity contribution is 6.40. The molecule has 0 spiro atoms. The van der Waals surface area contributed by atoms with Crippen LogP contribution in [0.1, 0.15) is 153 Å². The lowest BCUT2D eigenvalue weighted by Crippen LogP contribution is -2.25. The molecule has 0 fully saturated rings. The van der Waals surface area contributed by atoms with Crippen molar-refractivity contribution in [3.8, 4) is 0 Å². The molecule has 10 rings (SSSR count). The fourth-order valence-electron chi connectivity index (χ4n) is 12.9. The van der Waals surface area contributed by atoms with Crippen molar-refractivity contribution < 1.29 is 14.3 Å². The highest BCUT2D eigenvalue weighted by Crippen LogP contribution is 2.49. The number of unbranched alkanes of at least 4 members (excludes halogenated alkanes) is 1. The van der Waals surface area contributed by atoms with Gasteiger partial charge in [-0.3, -0.25) is 0 Å². The zero-order valence-electron chi connectivity index (χ0n) is 43.1. The molecule has 1 aromatic heterocycles. The Labute approximate surface area is 409 Å². The van der Waals surface area contributed by atoms with Gasteiger partial charge in [-0.1, -0.05) is 163 Å². The topological polar surface area (TPSA) is 51.5 Å². The molecule has 0 radical (unpaired) electrons. The van der Waals surface area contributed by atoms with Crippen LogP contribution in [0.15, 0.2) is 115 Å². The molecule has 0 N–H and O–H groups in total. The minimum absolute atomic E-state index is 0.0223. The Hall–Kier alpha value is -6.20. The molecule has 5 heteroatoms. The highest BCUT2D eigenvalue weighted by Gasteiger charge is 2.32. The zero-order valence-corrected chi connectivity index (χ0v) is 43.1. The van der Waals surface area contributed by atoms with Crippen molar-refractivity contribution in [3.05, 3.63) is 138 Å². The molecular formula is C64H70N2O3. The van der Waals surface area contributed by atoms with Crippen molar-refractivity contribution in [2.75, 3.05) is 4.90 Å². The third-order valence-corrected chi connectivity index (χ3v) is 15.3. The summed E-state index contributed by atoms with van der Waals surface area (Å²) in [6.45, 7) is 29.0. The van der Waals surface area contributed by atoms with Gasteiger partial charge in [-0.2, -0.15) is 0 Å². The molecule has 1 atom stereocenters. The van der Waals surface area contributed by atoms with E-state index < -0.39 is 11.9 Å². The zero-order chi connectivity index (χ0) is 48.9. The van der Waals surface area contributed by atoms with Crippen LogP contribution in [0.5, 0.6) is 0 Å². The summed E-state index contributed by atoms with van der Waals surface area (Å²) in [6, 6.07) is 42.8. The second kappa shape index (κ2) is 16.7. The smallest absolute Gasteiger partial charge is 0.346 e. The van der Waals surface area contributed by atoms with Crippen molar-refractivity contribution in [2.24, 2.45) is 16.7 Å². The number of carbonyl (C=O) groups is 2. The molecule has 0 aliphatic carbocycles. The average molecular weight is 915 g/mol. The van der Waals surface area contributed by atoms with Crippen molar-refractivity contribution in [1.29, 1.82) is 0 Å². The molecular weight excluding hydrogens is 845 g/mol. The second-order valence-corrected chi connectivity index (χ2v) is 24.2. The van der Waals surface area contributed by atoms with Crippen LogP contribution < -0.4 is 4.90 Å². The minimum Gasteiger partial charge on any atom is -0.386 e. The third-order valence-electron chi connectivity index (χ3n) is 15.3. The number of cyclic esters (lactones) is 2. The summed E-state index contributed by atoms with van der Waals surface area (Å²) in [5.74, 6) is -0.669. The number of benzene rings is 8. The predicted molar refractivity (Wildman–Crippen MR) is 293 cm³/mol. The summed E-state index contributed by atoms with van der Waals surface area (Å²) in [6.07, 6.45) is 6.80. The molecule has 1 aliphatic heterocycles. The van der Waals surface area contributed by atoms with Gasteiger partial charge >= 0.3 is 11.9 Å². The largest absolute Gasteiger partial charge is 0.386 e. The lowest BCUT2D eigenvalue weighted by molar-refractivity contribution is 0.0391. The van der Waals surface area contributed by atoms with E-state index in [9.17, 15) is 9.59 Å². The lowest BCUT2D eigenvalue weighted by Gasteiger charge is -2.34. The van der Waals surface area contributed by atoms with Crippen LogP contribution >= 0.6 is 0 Å². The number of fused-ring (bicyclic) bond motifs is 6. The summed E-state index contributed by atoms with van der Waals surface area (Å²) < 4.78 is 7.83. The Kier molecular flexibility index (Phi) is 11.3. The fourth-order valence-corrected chi connectivity index (χ4v) is 12.9. The van der Waals surface area contributed by atoms with Crippen molar-refractivity contribution in [3.63, 3.8) is 0 Å². The van der Waals surface area contributed by atoms with Gasteiger partial charge in [0.15, 0.2) is 0 Å². The number of rotatable bonds is 13. The van der Waals surface area contributed by atoms with E-state index in [-0.39, 0.29) is 21.7 Å². The Morgan fingerprint density at radius 1 is 0.507 bits per heavy atom. The number of carbonyl (C=O) groups excluding carboxylic acids is 2. The first-order valence-electron chi connectivity index (χ1n) is 25.6. The van der Waals surface area contributed by atoms with E-state index in [1.54, 1.807) is 0 Å². The van der Waals surface area contributed by atoms with Gasteiger partial charge in [-0.05, 0) is 150 Å². The first-order valence-corrected chi connectivity index (χ1v) is 25.6. The number of esters is 2. The maximum absolute atomic E-state index is 13.2. The first-order chi connectivity index (χ1) is 32.7. The van der Waals surface area contributed by atoms with Crippen LogP contribution in [-0.4, -0.2) is 16.5 Å². The molecule has 9 aromatic rings. The first kappa shape index (κ1) is 46.5. The van der Waals surface area contributed by atoms with Crippen LogP contribution in [0.3, 0.4) is 0 Å². The summed E-state index contributed by atoms with van der Waals surface area (Å²) >= 11 is 0. The number of hydrogen-bond acceptors (Lipinski definition) is 4. The van der Waals surface area contributed by atoms with Crippen molar-refractivity contribution >= 4 is 93.9 Å². The van der Waals surface area contributed by atoms with Crippen molar-refractivity contribution in [2.45, 2.75) is 139 Å². The molecule has 0 bridgehead atoms. The molecule has 354 valence electrons. The Morgan fingerprint density at radius 3 is 1.55 bits per heavy atom. The van der Waals surface area contributed by atoms with Gasteiger partial charge in [0.1, 0.15) is 0 Å². The quantitative estimate of drug-likeness (QED) is 0.0500. The van der Waals surface area contributed by atoms with E-state index in [4.69, 9.17) is 4.74 Å². The van der Waals surface area contributed by atoms with E-state index in [2.05, 4.69) is 190 Å². The summed E-state index contributed by atoms with van der Waals surface area (Å²) in [5, 5.41) is 10.9. The number of anilines is 3. The molecule has 0 saturated heterocycles. The standard InChI is InChI=1S/C64H70N2O3/c1-13-15-17-39(14-2)36-65-53-34-44(66(42-24-20-40(21-25-42)63(9,10)37-61(3,4)5)43-26-22-41(23-27-43)64(11,12)38-62(6,7)8)28-29-48(53)56-49-19-16-18-45-46-30-32-50-58-51(60(68)69-59(50)67)33-31-47(57(46)58)52(55(45)49)35-54(56)65/h16,18-35,39H,13-15,17,36-38H2,1-12H3. The molecule has 8 aromatic carbocycles. The molecule has 0 saturated carbocycles. The predicted octanol–water partition coefficient (Wildman–Crippen LogP) is 18.3. The van der Waals surface area contributed by atoms with Crippen LogP contribution in [0.25, 0.3) is 64.9 Å². The molecule has 1 aliphatic rings. The van der Waals surface area contributed by atoms with Gasteiger partial charge in [-0.15, -0.1) is 0 Å². The molecule has 5 nitrogen and oxygen atoms in total. The Morgan fingerprint density at radius 2 is 1.01 bits per heavy atom. The Bertz CT molecular complexity index is 3370. The van der Waals surface area contributed by atoms with Crippen LogP contribution in [0.4, 0.5) is 17.1 Å².